The van der Waals surface area contributed by atoms with Gasteiger partial charge in [0.1, 0.15) is 6.61 Å². The van der Waals surface area contributed by atoms with E-state index in [9.17, 15) is 0 Å². The van der Waals surface area contributed by atoms with Crippen molar-refractivity contribution in [3.8, 4) is 11.8 Å². The van der Waals surface area contributed by atoms with Crippen LogP contribution in [0.3, 0.4) is 0 Å². The van der Waals surface area contributed by atoms with Gasteiger partial charge in [-0.3, -0.25) is 0 Å². The molecule has 0 saturated heterocycles. The SMILES string of the molecule is CCCCCC(CC#CCOCCOCCNC(C)CC)CCCC. The van der Waals surface area contributed by atoms with Gasteiger partial charge in [0, 0.05) is 19.0 Å². The smallest absolute Gasteiger partial charge is 0.107 e. The van der Waals surface area contributed by atoms with Crippen molar-refractivity contribution in [1.82, 2.24) is 5.32 Å². The second kappa shape index (κ2) is 19.8. The zero-order valence-electron chi connectivity index (χ0n) is 17.4. The molecule has 25 heavy (non-hydrogen) atoms. The van der Waals surface area contributed by atoms with Crippen molar-refractivity contribution in [1.29, 1.82) is 0 Å². The average molecular weight is 354 g/mol. The van der Waals surface area contributed by atoms with Gasteiger partial charge in [-0.05, 0) is 32.1 Å². The first-order valence-electron chi connectivity index (χ1n) is 10.6. The predicted octanol–water partition coefficient (Wildman–Crippen LogP) is 5.19. The second-order valence-corrected chi connectivity index (χ2v) is 6.99. The molecule has 3 heteroatoms. The fourth-order valence-electron chi connectivity index (χ4n) is 2.66. The van der Waals surface area contributed by atoms with Crippen LogP contribution in [0.4, 0.5) is 0 Å². The first-order chi connectivity index (χ1) is 12.2. The van der Waals surface area contributed by atoms with Crippen LogP contribution < -0.4 is 5.32 Å². The molecule has 1 N–H and O–H groups in total. The zero-order chi connectivity index (χ0) is 18.6. The van der Waals surface area contributed by atoms with Crippen LogP contribution in [0.1, 0.15) is 85.5 Å². The third-order valence-electron chi connectivity index (χ3n) is 4.60. The van der Waals surface area contributed by atoms with Crippen LogP contribution in [0, 0.1) is 17.8 Å². The van der Waals surface area contributed by atoms with Crippen molar-refractivity contribution in [2.45, 2.75) is 91.5 Å². The molecule has 0 aromatic rings. The van der Waals surface area contributed by atoms with E-state index in [4.69, 9.17) is 9.47 Å². The molecule has 2 unspecified atom stereocenters. The maximum Gasteiger partial charge on any atom is 0.107 e. The molecule has 148 valence electrons. The molecule has 0 aliphatic carbocycles. The molecule has 0 rings (SSSR count). The number of nitrogens with one attached hydrogen (secondary N) is 1. The van der Waals surface area contributed by atoms with Gasteiger partial charge in [-0.25, -0.2) is 0 Å². The molecular formula is C22H43NO2. The summed E-state index contributed by atoms with van der Waals surface area (Å²) in [6, 6.07) is 0.568. The zero-order valence-corrected chi connectivity index (χ0v) is 17.4. The van der Waals surface area contributed by atoms with E-state index in [-0.39, 0.29) is 0 Å². The summed E-state index contributed by atoms with van der Waals surface area (Å²) in [5.74, 6) is 7.27. The maximum atomic E-state index is 5.54. The van der Waals surface area contributed by atoms with E-state index in [0.29, 0.717) is 25.9 Å². The van der Waals surface area contributed by atoms with Gasteiger partial charge in [-0.15, -0.1) is 5.92 Å². The van der Waals surface area contributed by atoms with E-state index in [2.05, 4.69) is 44.9 Å². The summed E-state index contributed by atoms with van der Waals surface area (Å²) in [5.41, 5.74) is 0. The average Bonchev–Trinajstić information content (AvgIpc) is 2.63. The molecule has 0 aliphatic heterocycles. The van der Waals surface area contributed by atoms with E-state index in [1.807, 2.05) is 0 Å². The summed E-state index contributed by atoms with van der Waals surface area (Å²) in [4.78, 5) is 0. The fourth-order valence-corrected chi connectivity index (χ4v) is 2.66. The van der Waals surface area contributed by atoms with E-state index >= 15 is 0 Å². The molecule has 0 aliphatic rings. The topological polar surface area (TPSA) is 30.5 Å². The van der Waals surface area contributed by atoms with Gasteiger partial charge in [0.25, 0.3) is 0 Å². The van der Waals surface area contributed by atoms with Gasteiger partial charge in [0.2, 0.25) is 0 Å². The Kier molecular flexibility index (Phi) is 19.3. The minimum atomic E-state index is 0.532. The molecule has 3 nitrogen and oxygen atoms in total. The maximum absolute atomic E-state index is 5.54. The van der Waals surface area contributed by atoms with Crippen LogP contribution in [0.15, 0.2) is 0 Å². The van der Waals surface area contributed by atoms with Crippen molar-refractivity contribution in [2.75, 3.05) is 33.0 Å². The Morgan fingerprint density at radius 1 is 0.840 bits per heavy atom. The van der Waals surface area contributed by atoms with Crippen LogP contribution in [-0.2, 0) is 9.47 Å². The van der Waals surface area contributed by atoms with Crippen LogP contribution in [0.25, 0.3) is 0 Å². The van der Waals surface area contributed by atoms with Crippen molar-refractivity contribution in [2.24, 2.45) is 5.92 Å². The monoisotopic (exact) mass is 353 g/mol. The first-order valence-corrected chi connectivity index (χ1v) is 10.6. The molecule has 0 fully saturated rings. The first kappa shape index (κ1) is 24.4. The molecule has 0 bridgehead atoms. The summed E-state index contributed by atoms with van der Waals surface area (Å²) in [6.45, 7) is 12.4. The quantitative estimate of drug-likeness (QED) is 0.288. The van der Waals surface area contributed by atoms with Crippen LogP contribution in [-0.4, -0.2) is 39.0 Å². The summed E-state index contributed by atoms with van der Waals surface area (Å²) >= 11 is 0. The van der Waals surface area contributed by atoms with Gasteiger partial charge >= 0.3 is 0 Å². The summed E-state index contributed by atoms with van der Waals surface area (Å²) in [7, 11) is 0. The normalized spacial score (nSPS) is 13.3. The third kappa shape index (κ3) is 18.0. The molecule has 0 spiro atoms. The summed E-state index contributed by atoms with van der Waals surface area (Å²) in [6.07, 6.45) is 11.5. The lowest BCUT2D eigenvalue weighted by Gasteiger charge is -2.13. The standard InChI is InChI=1S/C22H43NO2/c1-5-8-10-14-22(13-9-6-2)15-11-12-17-24-19-20-25-18-16-23-21(4)7-3/h21-23H,5-10,13-20H2,1-4H3. The van der Waals surface area contributed by atoms with E-state index in [1.54, 1.807) is 0 Å². The molecular weight excluding hydrogens is 310 g/mol. The lowest BCUT2D eigenvalue weighted by Crippen LogP contribution is -2.29. The Balaban J connectivity index is 3.59. The predicted molar refractivity (Wildman–Crippen MR) is 109 cm³/mol. The minimum absolute atomic E-state index is 0.532. The van der Waals surface area contributed by atoms with Crippen molar-refractivity contribution in [3.05, 3.63) is 0 Å². The number of hydrogen-bond acceptors (Lipinski definition) is 3. The van der Waals surface area contributed by atoms with Crippen molar-refractivity contribution >= 4 is 0 Å². The molecule has 0 amide bonds. The Labute approximate surface area is 157 Å². The summed E-state index contributed by atoms with van der Waals surface area (Å²) in [5, 5.41) is 3.41. The Morgan fingerprint density at radius 2 is 1.56 bits per heavy atom. The highest BCUT2D eigenvalue weighted by Crippen LogP contribution is 2.19. The Hall–Kier alpha value is -0.560. The molecule has 0 saturated carbocycles. The highest BCUT2D eigenvalue weighted by atomic mass is 16.5. The molecule has 0 radical (unpaired) electrons. The number of rotatable bonds is 17. The second-order valence-electron chi connectivity index (χ2n) is 6.99. The highest BCUT2D eigenvalue weighted by Gasteiger charge is 2.06. The van der Waals surface area contributed by atoms with E-state index in [1.165, 1.54) is 44.9 Å². The minimum Gasteiger partial charge on any atom is -0.378 e. The van der Waals surface area contributed by atoms with E-state index in [0.717, 1.165) is 31.9 Å². The summed E-state index contributed by atoms with van der Waals surface area (Å²) < 4.78 is 11.1. The Bertz CT molecular complexity index is 322. The van der Waals surface area contributed by atoms with Crippen molar-refractivity contribution < 1.29 is 9.47 Å². The number of unbranched alkanes of at least 4 members (excludes halogenated alkanes) is 3. The third-order valence-corrected chi connectivity index (χ3v) is 4.60. The number of hydrogen-bond donors (Lipinski definition) is 1. The highest BCUT2D eigenvalue weighted by molar-refractivity contribution is 5.00. The Morgan fingerprint density at radius 3 is 2.28 bits per heavy atom. The molecule has 0 aromatic carbocycles. The lowest BCUT2D eigenvalue weighted by atomic mass is 9.93. The van der Waals surface area contributed by atoms with Crippen LogP contribution in [0.2, 0.25) is 0 Å². The lowest BCUT2D eigenvalue weighted by molar-refractivity contribution is 0.0606. The van der Waals surface area contributed by atoms with Crippen molar-refractivity contribution in [3.63, 3.8) is 0 Å². The number of ether oxygens (including phenoxy) is 2. The van der Waals surface area contributed by atoms with Gasteiger partial charge in [-0.2, -0.15) is 0 Å². The van der Waals surface area contributed by atoms with Gasteiger partial charge < -0.3 is 14.8 Å². The van der Waals surface area contributed by atoms with E-state index < -0.39 is 0 Å². The molecule has 2 atom stereocenters. The van der Waals surface area contributed by atoms with Gasteiger partial charge in [-0.1, -0.05) is 58.8 Å². The molecule has 0 heterocycles. The largest absolute Gasteiger partial charge is 0.378 e. The van der Waals surface area contributed by atoms with Gasteiger partial charge in [0.15, 0.2) is 0 Å². The van der Waals surface area contributed by atoms with Gasteiger partial charge in [0.05, 0.1) is 19.8 Å². The fraction of sp³-hybridized carbons (Fsp3) is 0.909. The molecule has 0 aromatic heterocycles. The van der Waals surface area contributed by atoms with Crippen LogP contribution >= 0.6 is 0 Å². The van der Waals surface area contributed by atoms with Crippen LogP contribution in [0.5, 0.6) is 0 Å².